The molecule has 0 atom stereocenters. The highest BCUT2D eigenvalue weighted by Gasteiger charge is 2.12. The fourth-order valence-electron chi connectivity index (χ4n) is 3.94. The summed E-state index contributed by atoms with van der Waals surface area (Å²) in [4.78, 5) is 15.8. The van der Waals surface area contributed by atoms with E-state index in [1.54, 1.807) is 12.6 Å². The Morgan fingerprint density at radius 1 is 0.939 bits per heavy atom. The molecule has 0 fully saturated rings. The Bertz CT molecular complexity index is 1040. The van der Waals surface area contributed by atoms with Crippen LogP contribution in [0.15, 0.2) is 60.7 Å². The molecule has 0 saturated carbocycles. The fraction of sp³-hybridized carbons (Fsp3) is 0.333. The number of aromatic nitrogens is 1. The van der Waals surface area contributed by atoms with Crippen molar-refractivity contribution in [2.45, 2.75) is 45.6 Å². The summed E-state index contributed by atoms with van der Waals surface area (Å²) in [6, 6.07) is 20.9. The van der Waals surface area contributed by atoms with Crippen molar-refractivity contribution in [3.8, 4) is 28.3 Å². The summed E-state index contributed by atoms with van der Waals surface area (Å²) in [7, 11) is 1.66. The van der Waals surface area contributed by atoms with Crippen LogP contribution in [0.2, 0.25) is 0 Å². The lowest BCUT2D eigenvalue weighted by atomic mass is 9.94. The third-order valence-corrected chi connectivity index (χ3v) is 5.77. The van der Waals surface area contributed by atoms with Crippen LogP contribution in [0.25, 0.3) is 22.4 Å². The molecule has 0 radical (unpaired) electrons. The number of nitrogens with one attached hydrogen (secondary N) is 2. The summed E-state index contributed by atoms with van der Waals surface area (Å²) in [5, 5.41) is 11.9. The maximum Gasteiger partial charge on any atom is 0.243 e. The van der Waals surface area contributed by atoms with Crippen LogP contribution in [-0.2, 0) is 11.3 Å². The number of ether oxygens (including phenoxy) is 1. The number of nitrogens with zero attached hydrogens (tertiary/aromatic N) is 1. The van der Waals surface area contributed by atoms with E-state index in [0.717, 1.165) is 49.0 Å². The average Bonchev–Trinajstić information content (AvgIpc) is 2.86. The van der Waals surface area contributed by atoms with E-state index in [9.17, 15) is 4.79 Å². The third-order valence-electron chi connectivity index (χ3n) is 5.77. The van der Waals surface area contributed by atoms with Crippen molar-refractivity contribution in [1.82, 2.24) is 15.8 Å². The lowest BCUT2D eigenvalue weighted by Gasteiger charge is -2.14. The summed E-state index contributed by atoms with van der Waals surface area (Å²) in [5.41, 5.74) is 8.29. The minimum atomic E-state index is -0.321. The van der Waals surface area contributed by atoms with Gasteiger partial charge in [-0.15, -0.1) is 0 Å². The molecule has 0 aliphatic carbocycles. The molecule has 0 bridgehead atoms. The minimum Gasteiger partial charge on any atom is -0.481 e. The highest BCUT2D eigenvalue weighted by atomic mass is 16.5. The number of amides is 1. The van der Waals surface area contributed by atoms with Gasteiger partial charge in [0, 0.05) is 24.1 Å². The fourth-order valence-corrected chi connectivity index (χ4v) is 3.94. The van der Waals surface area contributed by atoms with Gasteiger partial charge >= 0.3 is 0 Å². The number of hydrogen-bond donors (Lipinski definition) is 3. The number of carbonyl (C=O) groups is 1. The molecule has 3 N–H and O–H groups in total. The van der Waals surface area contributed by atoms with E-state index in [1.165, 1.54) is 16.7 Å². The van der Waals surface area contributed by atoms with E-state index < -0.39 is 0 Å². The Morgan fingerprint density at radius 3 is 2.45 bits per heavy atom. The molecule has 1 heterocycles. The van der Waals surface area contributed by atoms with Crippen LogP contribution in [0, 0.1) is 6.92 Å². The zero-order chi connectivity index (χ0) is 23.5. The second kappa shape index (κ2) is 12.7. The molecule has 2 aromatic carbocycles. The molecule has 0 saturated heterocycles. The highest BCUT2D eigenvalue weighted by molar-refractivity contribution is 5.77. The van der Waals surface area contributed by atoms with Crippen LogP contribution in [0.1, 0.15) is 43.2 Å². The van der Waals surface area contributed by atoms with Crippen LogP contribution in [-0.4, -0.2) is 29.8 Å². The maximum absolute atomic E-state index is 11.0. The topological polar surface area (TPSA) is 83.5 Å². The van der Waals surface area contributed by atoms with Crippen LogP contribution in [0.4, 0.5) is 0 Å². The molecule has 0 unspecified atom stereocenters. The van der Waals surface area contributed by atoms with Gasteiger partial charge in [0.15, 0.2) is 0 Å². The smallest absolute Gasteiger partial charge is 0.243 e. The van der Waals surface area contributed by atoms with Gasteiger partial charge in [-0.3, -0.25) is 10.0 Å². The predicted octanol–water partition coefficient (Wildman–Crippen LogP) is 5.28. The zero-order valence-electron chi connectivity index (χ0n) is 19.4. The molecule has 0 spiro atoms. The molecule has 174 valence electrons. The van der Waals surface area contributed by atoms with Crippen molar-refractivity contribution in [2.75, 3.05) is 13.7 Å². The van der Waals surface area contributed by atoms with Crippen LogP contribution < -0.4 is 15.5 Å². The third kappa shape index (κ3) is 6.88. The van der Waals surface area contributed by atoms with Gasteiger partial charge in [-0.25, -0.2) is 10.5 Å². The summed E-state index contributed by atoms with van der Waals surface area (Å²) in [6.07, 6.45) is 4.19. The number of hydrogen-bond acceptors (Lipinski definition) is 5. The lowest BCUT2D eigenvalue weighted by molar-refractivity contribution is -0.129. The van der Waals surface area contributed by atoms with Crippen molar-refractivity contribution in [1.29, 1.82) is 0 Å². The first-order valence-corrected chi connectivity index (χ1v) is 11.5. The van der Waals surface area contributed by atoms with Crippen LogP contribution in [0.3, 0.4) is 0 Å². The first-order chi connectivity index (χ1) is 16.1. The van der Waals surface area contributed by atoms with Crippen molar-refractivity contribution in [3.05, 3.63) is 71.8 Å². The van der Waals surface area contributed by atoms with Gasteiger partial charge in [-0.1, -0.05) is 67.4 Å². The maximum atomic E-state index is 11.0. The summed E-state index contributed by atoms with van der Waals surface area (Å²) in [6.45, 7) is 3.71. The molecule has 0 aliphatic rings. The highest BCUT2D eigenvalue weighted by Crippen LogP contribution is 2.32. The summed E-state index contributed by atoms with van der Waals surface area (Å²) in [5.74, 6) is 0.317. The second-order valence-electron chi connectivity index (χ2n) is 8.09. The van der Waals surface area contributed by atoms with Gasteiger partial charge in [-0.2, -0.15) is 0 Å². The SMILES string of the molecule is COc1nc(-c2cccc(-c3ccccc3)c2C)ccc1CNCCCCCCC(=O)NO. The Balaban J connectivity index is 1.59. The van der Waals surface area contributed by atoms with Gasteiger partial charge in [0.05, 0.1) is 12.8 Å². The average molecular weight is 448 g/mol. The molecule has 1 aromatic heterocycles. The van der Waals surface area contributed by atoms with E-state index in [-0.39, 0.29) is 5.91 Å². The molecule has 33 heavy (non-hydrogen) atoms. The normalized spacial score (nSPS) is 10.8. The first kappa shape index (κ1) is 24.4. The van der Waals surface area contributed by atoms with Gasteiger partial charge in [0.2, 0.25) is 11.8 Å². The Hall–Kier alpha value is -3.22. The molecule has 6 nitrogen and oxygen atoms in total. The van der Waals surface area contributed by atoms with E-state index >= 15 is 0 Å². The number of pyridine rings is 1. The zero-order valence-corrected chi connectivity index (χ0v) is 19.4. The number of benzene rings is 2. The molecular weight excluding hydrogens is 414 g/mol. The molecule has 3 rings (SSSR count). The van der Waals surface area contributed by atoms with Crippen molar-refractivity contribution in [2.24, 2.45) is 0 Å². The van der Waals surface area contributed by atoms with Crippen molar-refractivity contribution in [3.63, 3.8) is 0 Å². The molecule has 6 heteroatoms. The quantitative estimate of drug-likeness (QED) is 0.200. The minimum absolute atomic E-state index is 0.321. The largest absolute Gasteiger partial charge is 0.481 e. The van der Waals surface area contributed by atoms with Crippen LogP contribution in [0.5, 0.6) is 5.88 Å². The predicted molar refractivity (Wildman–Crippen MR) is 131 cm³/mol. The van der Waals surface area contributed by atoms with Gasteiger partial charge in [-0.05, 0) is 49.1 Å². The van der Waals surface area contributed by atoms with Crippen molar-refractivity contribution < 1.29 is 14.7 Å². The standard InChI is InChI=1S/C27H33N3O3/c1-20-23(21-11-6-5-7-12-21)13-10-14-24(20)25-17-16-22(27(29-25)33-2)19-28-18-9-4-3-8-15-26(31)30-32/h5-7,10-14,16-17,28,32H,3-4,8-9,15,18-19H2,1-2H3,(H,30,31). The van der Waals surface area contributed by atoms with Gasteiger partial charge in [0.25, 0.3) is 0 Å². The molecule has 0 aliphatic heterocycles. The number of rotatable bonds is 12. The van der Waals surface area contributed by atoms with E-state index in [0.29, 0.717) is 18.8 Å². The van der Waals surface area contributed by atoms with E-state index in [1.807, 2.05) is 6.07 Å². The van der Waals surface area contributed by atoms with E-state index in [4.69, 9.17) is 14.9 Å². The molecule has 1 amide bonds. The number of methoxy groups -OCH3 is 1. The number of carbonyl (C=O) groups excluding carboxylic acids is 1. The van der Waals surface area contributed by atoms with E-state index in [2.05, 4.69) is 66.8 Å². The van der Waals surface area contributed by atoms with Gasteiger partial charge < -0.3 is 10.1 Å². The Kier molecular flexibility index (Phi) is 9.42. The number of unbranched alkanes of at least 4 members (excludes halogenated alkanes) is 3. The summed E-state index contributed by atoms with van der Waals surface area (Å²) >= 11 is 0. The Morgan fingerprint density at radius 2 is 1.70 bits per heavy atom. The monoisotopic (exact) mass is 447 g/mol. The number of hydroxylamine groups is 1. The van der Waals surface area contributed by atoms with Crippen molar-refractivity contribution >= 4 is 5.91 Å². The van der Waals surface area contributed by atoms with Gasteiger partial charge in [0.1, 0.15) is 0 Å². The molecule has 3 aromatic rings. The molecular formula is C27H33N3O3. The Labute approximate surface area is 196 Å². The lowest BCUT2D eigenvalue weighted by Crippen LogP contribution is -2.18. The van der Waals surface area contributed by atoms with Crippen LogP contribution >= 0.6 is 0 Å². The first-order valence-electron chi connectivity index (χ1n) is 11.5. The second-order valence-corrected chi connectivity index (χ2v) is 8.09. The summed E-state index contributed by atoms with van der Waals surface area (Å²) < 4.78 is 5.60.